The van der Waals surface area contributed by atoms with Gasteiger partial charge in [0.1, 0.15) is 11.6 Å². The van der Waals surface area contributed by atoms with E-state index in [2.05, 4.69) is 53.4 Å². The van der Waals surface area contributed by atoms with Crippen LogP contribution in [-0.2, 0) is 19.5 Å². The summed E-state index contributed by atoms with van der Waals surface area (Å²) in [5, 5.41) is 9.12. The van der Waals surface area contributed by atoms with Gasteiger partial charge in [-0.2, -0.15) is 0 Å². The number of hydrogen-bond donors (Lipinski definition) is 1. The molecule has 7 heteroatoms. The lowest BCUT2D eigenvalue weighted by Gasteiger charge is -2.12. The lowest BCUT2D eigenvalue weighted by molar-refractivity contribution is 0.144. The Morgan fingerprint density at radius 2 is 1.83 bits per heavy atom. The molecule has 0 spiro atoms. The van der Waals surface area contributed by atoms with Gasteiger partial charge in [-0.25, -0.2) is 14.8 Å². The number of carbonyl (C=O) groups is 1. The minimum absolute atomic E-state index is 0.326. The SMILES string of the molecule is CCCc1nc2c(C)cc(-c3cn(CC4CCCC4)cn3)cc2n1Cc1ccc(-c2ccccc2OC(=O)O)cc1. The van der Waals surface area contributed by atoms with E-state index >= 15 is 0 Å². The molecule has 1 aliphatic carbocycles. The summed E-state index contributed by atoms with van der Waals surface area (Å²) in [5.74, 6) is 2.18. The Labute approximate surface area is 240 Å². The molecule has 2 heterocycles. The fourth-order valence-electron chi connectivity index (χ4n) is 6.14. The first-order chi connectivity index (χ1) is 20.0. The summed E-state index contributed by atoms with van der Waals surface area (Å²) in [6.07, 6.45) is 10.1. The van der Waals surface area contributed by atoms with Crippen LogP contribution < -0.4 is 4.74 Å². The summed E-state index contributed by atoms with van der Waals surface area (Å²) in [7, 11) is 0. The first kappa shape index (κ1) is 26.8. The van der Waals surface area contributed by atoms with E-state index in [-0.39, 0.29) is 0 Å². The Morgan fingerprint density at radius 1 is 1.05 bits per heavy atom. The zero-order chi connectivity index (χ0) is 28.3. The van der Waals surface area contributed by atoms with Crippen molar-refractivity contribution in [3.05, 3.63) is 90.1 Å². The third-order valence-corrected chi connectivity index (χ3v) is 8.16. The molecule has 6 rings (SSSR count). The van der Waals surface area contributed by atoms with E-state index in [1.165, 1.54) is 25.7 Å². The van der Waals surface area contributed by atoms with Crippen LogP contribution in [0.4, 0.5) is 4.79 Å². The summed E-state index contributed by atoms with van der Waals surface area (Å²) in [4.78, 5) is 21.0. The molecule has 0 amide bonds. The average Bonchev–Trinajstić information content (AvgIpc) is 3.72. The third-order valence-electron chi connectivity index (χ3n) is 8.16. The van der Waals surface area contributed by atoms with E-state index in [4.69, 9.17) is 19.8 Å². The van der Waals surface area contributed by atoms with Gasteiger partial charge in [-0.05, 0) is 67.0 Å². The van der Waals surface area contributed by atoms with Crippen molar-refractivity contribution < 1.29 is 14.6 Å². The van der Waals surface area contributed by atoms with E-state index in [1.54, 1.807) is 12.1 Å². The van der Waals surface area contributed by atoms with E-state index in [0.717, 1.165) is 75.7 Å². The number of benzene rings is 3. The van der Waals surface area contributed by atoms with Crippen LogP contribution in [-0.4, -0.2) is 30.4 Å². The largest absolute Gasteiger partial charge is 0.511 e. The Morgan fingerprint density at radius 3 is 2.59 bits per heavy atom. The number of imidazole rings is 2. The molecule has 1 saturated carbocycles. The molecule has 0 radical (unpaired) electrons. The topological polar surface area (TPSA) is 82.2 Å². The number of para-hydroxylation sites is 1. The molecule has 2 aromatic heterocycles. The van der Waals surface area contributed by atoms with Gasteiger partial charge in [-0.3, -0.25) is 0 Å². The summed E-state index contributed by atoms with van der Waals surface area (Å²) < 4.78 is 9.59. The highest BCUT2D eigenvalue weighted by atomic mass is 16.7. The lowest BCUT2D eigenvalue weighted by atomic mass is 10.0. The van der Waals surface area contributed by atoms with Gasteiger partial charge in [0.05, 0.1) is 23.1 Å². The maximum absolute atomic E-state index is 11.1. The summed E-state index contributed by atoms with van der Waals surface area (Å²) in [5.41, 5.74) is 8.24. The monoisotopic (exact) mass is 548 g/mol. The van der Waals surface area contributed by atoms with Crippen LogP contribution in [0.2, 0.25) is 0 Å². The Bertz CT molecular complexity index is 1680. The molecule has 0 saturated heterocycles. The summed E-state index contributed by atoms with van der Waals surface area (Å²) in [6.45, 7) is 6.07. The molecule has 0 atom stereocenters. The van der Waals surface area contributed by atoms with Crippen molar-refractivity contribution in [2.45, 2.75) is 65.5 Å². The van der Waals surface area contributed by atoms with Gasteiger partial charge in [-0.1, -0.05) is 62.2 Å². The number of hydrogen-bond acceptors (Lipinski definition) is 4. The Kier molecular flexibility index (Phi) is 7.59. The Hall–Kier alpha value is -4.39. The second kappa shape index (κ2) is 11.6. The maximum atomic E-state index is 11.1. The molecule has 0 aliphatic heterocycles. The van der Waals surface area contributed by atoms with Crippen molar-refractivity contribution in [3.8, 4) is 28.1 Å². The fraction of sp³-hybridized carbons (Fsp3) is 0.324. The van der Waals surface area contributed by atoms with Crippen LogP contribution in [0.1, 0.15) is 56.0 Å². The molecule has 0 bridgehead atoms. The van der Waals surface area contributed by atoms with Crippen molar-refractivity contribution in [2.24, 2.45) is 5.92 Å². The zero-order valence-corrected chi connectivity index (χ0v) is 23.7. The predicted molar refractivity (Wildman–Crippen MR) is 161 cm³/mol. The van der Waals surface area contributed by atoms with Crippen LogP contribution in [0.25, 0.3) is 33.4 Å². The minimum Gasteiger partial charge on any atom is -0.449 e. The second-order valence-corrected chi connectivity index (χ2v) is 11.2. The highest BCUT2D eigenvalue weighted by Gasteiger charge is 2.18. The van der Waals surface area contributed by atoms with Crippen molar-refractivity contribution >= 4 is 17.2 Å². The van der Waals surface area contributed by atoms with Crippen LogP contribution in [0.15, 0.2) is 73.2 Å². The van der Waals surface area contributed by atoms with Gasteiger partial charge in [0.15, 0.2) is 0 Å². The molecule has 210 valence electrons. The lowest BCUT2D eigenvalue weighted by Crippen LogP contribution is -2.05. The van der Waals surface area contributed by atoms with Gasteiger partial charge in [-0.15, -0.1) is 0 Å². The van der Waals surface area contributed by atoms with Gasteiger partial charge >= 0.3 is 6.16 Å². The number of nitrogens with zero attached hydrogens (tertiary/aromatic N) is 4. The number of aryl methyl sites for hydroxylation is 2. The standard InChI is InChI=1S/C34H36N4O3/c1-3-8-32-36-33-23(2)17-27(29-21-37(22-35-29)19-24-9-4-5-10-24)18-30(33)38(32)20-25-13-15-26(16-14-25)28-11-6-7-12-31(28)41-34(39)40/h6-7,11-18,21-22,24H,3-5,8-10,19-20H2,1-2H3,(H,39,40). The summed E-state index contributed by atoms with van der Waals surface area (Å²) in [6, 6.07) is 19.9. The Balaban J connectivity index is 1.31. The normalized spacial score (nSPS) is 13.7. The van der Waals surface area contributed by atoms with Crippen LogP contribution in [0, 0.1) is 12.8 Å². The molecule has 0 unspecified atom stereocenters. The number of ether oxygens (including phenoxy) is 1. The van der Waals surface area contributed by atoms with E-state index in [9.17, 15) is 4.79 Å². The fourth-order valence-corrected chi connectivity index (χ4v) is 6.14. The van der Waals surface area contributed by atoms with Gasteiger partial charge in [0.25, 0.3) is 0 Å². The first-order valence-electron chi connectivity index (χ1n) is 14.6. The predicted octanol–water partition coefficient (Wildman–Crippen LogP) is 8.12. The van der Waals surface area contributed by atoms with Crippen molar-refractivity contribution in [3.63, 3.8) is 0 Å². The van der Waals surface area contributed by atoms with E-state index in [1.807, 2.05) is 30.6 Å². The van der Waals surface area contributed by atoms with E-state index in [0.29, 0.717) is 12.3 Å². The summed E-state index contributed by atoms with van der Waals surface area (Å²) >= 11 is 0. The number of rotatable bonds is 9. The van der Waals surface area contributed by atoms with Crippen molar-refractivity contribution in [1.29, 1.82) is 0 Å². The molecular formula is C34H36N4O3. The van der Waals surface area contributed by atoms with Crippen LogP contribution in [0.5, 0.6) is 5.75 Å². The van der Waals surface area contributed by atoms with Crippen LogP contribution in [0.3, 0.4) is 0 Å². The molecule has 41 heavy (non-hydrogen) atoms. The highest BCUT2D eigenvalue weighted by Crippen LogP contribution is 2.32. The molecule has 3 aromatic carbocycles. The van der Waals surface area contributed by atoms with Gasteiger partial charge in [0, 0.05) is 36.8 Å². The van der Waals surface area contributed by atoms with Gasteiger partial charge < -0.3 is 19.0 Å². The molecular weight excluding hydrogens is 512 g/mol. The third kappa shape index (κ3) is 5.75. The first-order valence-corrected chi connectivity index (χ1v) is 14.6. The molecule has 1 N–H and O–H groups in total. The molecule has 7 nitrogen and oxygen atoms in total. The smallest absolute Gasteiger partial charge is 0.449 e. The second-order valence-electron chi connectivity index (χ2n) is 11.2. The van der Waals surface area contributed by atoms with E-state index < -0.39 is 6.16 Å². The van der Waals surface area contributed by atoms with Crippen molar-refractivity contribution in [1.82, 2.24) is 19.1 Å². The number of fused-ring (bicyclic) bond motifs is 1. The number of aromatic nitrogens is 4. The van der Waals surface area contributed by atoms with Crippen molar-refractivity contribution in [2.75, 3.05) is 0 Å². The quantitative estimate of drug-likeness (QED) is 0.149. The molecule has 1 fully saturated rings. The molecule has 1 aliphatic rings. The average molecular weight is 549 g/mol. The number of carboxylic acid groups (broad SMARTS) is 1. The zero-order valence-electron chi connectivity index (χ0n) is 23.7. The minimum atomic E-state index is -1.32. The highest BCUT2D eigenvalue weighted by molar-refractivity contribution is 5.85. The molecule has 5 aromatic rings. The van der Waals surface area contributed by atoms with Crippen LogP contribution >= 0.6 is 0 Å². The van der Waals surface area contributed by atoms with Gasteiger partial charge in [0.2, 0.25) is 0 Å². The maximum Gasteiger partial charge on any atom is 0.511 e.